The van der Waals surface area contributed by atoms with Crippen LogP contribution < -0.4 is 5.32 Å². The molecule has 0 saturated carbocycles. The van der Waals surface area contributed by atoms with Crippen molar-refractivity contribution in [2.24, 2.45) is 0 Å². The van der Waals surface area contributed by atoms with Crippen molar-refractivity contribution in [3.63, 3.8) is 0 Å². The third-order valence-corrected chi connectivity index (χ3v) is 5.04. The standard InChI is InChI=1S/C18H19BrFN/c1-12-2-4-13(5-3-12)17-11-21-9-8-15(17)16-7-6-14(20)10-18(16)19/h2-7,10,15,17,21H,8-9,11H2,1H3. The molecule has 0 spiro atoms. The van der Waals surface area contributed by atoms with Gasteiger partial charge in [0, 0.05) is 16.9 Å². The van der Waals surface area contributed by atoms with Crippen molar-refractivity contribution in [2.45, 2.75) is 25.2 Å². The van der Waals surface area contributed by atoms with Crippen molar-refractivity contribution in [3.8, 4) is 0 Å². The van der Waals surface area contributed by atoms with Gasteiger partial charge in [0.15, 0.2) is 0 Å². The number of rotatable bonds is 2. The van der Waals surface area contributed by atoms with E-state index in [9.17, 15) is 4.39 Å². The fraction of sp³-hybridized carbons (Fsp3) is 0.333. The van der Waals surface area contributed by atoms with Gasteiger partial charge >= 0.3 is 0 Å². The molecule has 2 aromatic rings. The third-order valence-electron chi connectivity index (χ3n) is 4.35. The maximum absolute atomic E-state index is 13.3. The zero-order chi connectivity index (χ0) is 14.8. The maximum atomic E-state index is 13.3. The van der Waals surface area contributed by atoms with E-state index in [1.165, 1.54) is 16.7 Å². The van der Waals surface area contributed by atoms with Crippen molar-refractivity contribution < 1.29 is 4.39 Å². The highest BCUT2D eigenvalue weighted by molar-refractivity contribution is 9.10. The number of nitrogens with one attached hydrogen (secondary N) is 1. The summed E-state index contributed by atoms with van der Waals surface area (Å²) in [6.45, 7) is 4.09. The molecule has 110 valence electrons. The van der Waals surface area contributed by atoms with Gasteiger partial charge in [-0.1, -0.05) is 51.8 Å². The Kier molecular flexibility index (Phi) is 4.41. The normalized spacial score (nSPS) is 22.2. The number of benzene rings is 2. The Morgan fingerprint density at radius 1 is 1.10 bits per heavy atom. The number of halogens is 2. The van der Waals surface area contributed by atoms with Gasteiger partial charge < -0.3 is 5.32 Å². The third kappa shape index (κ3) is 3.19. The molecule has 1 nitrogen and oxygen atoms in total. The average molecular weight is 348 g/mol. The molecular formula is C18H19BrFN. The van der Waals surface area contributed by atoms with Gasteiger partial charge in [0.05, 0.1) is 0 Å². The van der Waals surface area contributed by atoms with Crippen LogP contribution in [0, 0.1) is 12.7 Å². The molecule has 1 aliphatic heterocycles. The summed E-state index contributed by atoms with van der Waals surface area (Å²) in [4.78, 5) is 0. The summed E-state index contributed by atoms with van der Waals surface area (Å²) in [7, 11) is 0. The zero-order valence-electron chi connectivity index (χ0n) is 12.1. The Hall–Kier alpha value is -1.19. The lowest BCUT2D eigenvalue weighted by atomic mass is 9.77. The summed E-state index contributed by atoms with van der Waals surface area (Å²) in [5, 5.41) is 3.49. The lowest BCUT2D eigenvalue weighted by Gasteiger charge is -2.33. The fourth-order valence-electron chi connectivity index (χ4n) is 3.20. The van der Waals surface area contributed by atoms with E-state index in [2.05, 4.69) is 52.4 Å². The largest absolute Gasteiger partial charge is 0.316 e. The molecule has 1 saturated heterocycles. The van der Waals surface area contributed by atoms with Crippen LogP contribution in [0.5, 0.6) is 0 Å². The topological polar surface area (TPSA) is 12.0 Å². The van der Waals surface area contributed by atoms with Crippen molar-refractivity contribution in [2.75, 3.05) is 13.1 Å². The first-order valence-corrected chi connectivity index (χ1v) is 8.16. The molecule has 3 heteroatoms. The van der Waals surface area contributed by atoms with E-state index in [0.717, 1.165) is 24.0 Å². The maximum Gasteiger partial charge on any atom is 0.124 e. The van der Waals surface area contributed by atoms with E-state index in [0.29, 0.717) is 11.8 Å². The van der Waals surface area contributed by atoms with E-state index in [4.69, 9.17) is 0 Å². The van der Waals surface area contributed by atoms with Crippen LogP contribution >= 0.6 is 15.9 Å². The first-order chi connectivity index (χ1) is 10.1. The van der Waals surface area contributed by atoms with Crippen LogP contribution in [0.3, 0.4) is 0 Å². The minimum absolute atomic E-state index is 0.188. The summed E-state index contributed by atoms with van der Waals surface area (Å²) in [5.41, 5.74) is 3.85. The quantitative estimate of drug-likeness (QED) is 0.825. The molecule has 1 heterocycles. The van der Waals surface area contributed by atoms with Crippen LogP contribution in [0.15, 0.2) is 46.9 Å². The lowest BCUT2D eigenvalue weighted by molar-refractivity contribution is 0.403. The Morgan fingerprint density at radius 3 is 2.57 bits per heavy atom. The molecule has 0 bridgehead atoms. The Labute approximate surface area is 133 Å². The molecule has 2 aromatic carbocycles. The minimum Gasteiger partial charge on any atom is -0.316 e. The number of hydrogen-bond acceptors (Lipinski definition) is 1. The average Bonchev–Trinajstić information content (AvgIpc) is 2.48. The molecule has 3 rings (SSSR count). The van der Waals surface area contributed by atoms with Gasteiger partial charge in [-0.3, -0.25) is 0 Å². The van der Waals surface area contributed by atoms with E-state index in [-0.39, 0.29) is 5.82 Å². The van der Waals surface area contributed by atoms with Gasteiger partial charge in [-0.15, -0.1) is 0 Å². The first-order valence-electron chi connectivity index (χ1n) is 7.37. The van der Waals surface area contributed by atoms with E-state index < -0.39 is 0 Å². The summed E-state index contributed by atoms with van der Waals surface area (Å²) >= 11 is 3.53. The van der Waals surface area contributed by atoms with Gasteiger partial charge in [-0.05, 0) is 49.1 Å². The van der Waals surface area contributed by atoms with Crippen LogP contribution in [0.4, 0.5) is 4.39 Å². The molecule has 0 radical (unpaired) electrons. The molecule has 0 aliphatic carbocycles. The highest BCUT2D eigenvalue weighted by Crippen LogP contribution is 2.40. The zero-order valence-corrected chi connectivity index (χ0v) is 13.7. The van der Waals surface area contributed by atoms with Gasteiger partial charge in [0.1, 0.15) is 5.82 Å². The second-order valence-corrected chi connectivity index (χ2v) is 6.64. The van der Waals surface area contributed by atoms with E-state index >= 15 is 0 Å². The predicted molar refractivity (Wildman–Crippen MR) is 88.2 cm³/mol. The Bertz CT molecular complexity index is 624. The van der Waals surface area contributed by atoms with Crippen molar-refractivity contribution in [3.05, 3.63) is 69.4 Å². The van der Waals surface area contributed by atoms with Crippen LogP contribution in [0.25, 0.3) is 0 Å². The Morgan fingerprint density at radius 2 is 1.86 bits per heavy atom. The molecule has 1 aliphatic rings. The van der Waals surface area contributed by atoms with Crippen molar-refractivity contribution >= 4 is 15.9 Å². The number of piperidine rings is 1. The second-order valence-electron chi connectivity index (χ2n) is 5.78. The Balaban J connectivity index is 1.96. The van der Waals surface area contributed by atoms with Crippen molar-refractivity contribution in [1.29, 1.82) is 0 Å². The van der Waals surface area contributed by atoms with E-state index in [1.54, 1.807) is 12.1 Å². The SMILES string of the molecule is Cc1ccc(C2CNCCC2c2ccc(F)cc2Br)cc1. The van der Waals surface area contributed by atoms with Crippen LogP contribution in [0.1, 0.15) is 34.9 Å². The predicted octanol–water partition coefficient (Wildman–Crippen LogP) is 4.76. The summed E-state index contributed by atoms with van der Waals surface area (Å²) < 4.78 is 14.2. The van der Waals surface area contributed by atoms with Gasteiger partial charge in [0.25, 0.3) is 0 Å². The summed E-state index contributed by atoms with van der Waals surface area (Å²) in [6.07, 6.45) is 1.07. The molecule has 2 unspecified atom stereocenters. The first kappa shape index (κ1) is 14.7. The van der Waals surface area contributed by atoms with Gasteiger partial charge in [-0.25, -0.2) is 4.39 Å². The molecule has 1 fully saturated rings. The molecule has 21 heavy (non-hydrogen) atoms. The summed E-state index contributed by atoms with van der Waals surface area (Å²) in [5.74, 6) is 0.663. The van der Waals surface area contributed by atoms with Gasteiger partial charge in [0.2, 0.25) is 0 Å². The molecule has 0 amide bonds. The monoisotopic (exact) mass is 347 g/mol. The minimum atomic E-state index is -0.188. The highest BCUT2D eigenvalue weighted by atomic mass is 79.9. The highest BCUT2D eigenvalue weighted by Gasteiger charge is 2.29. The van der Waals surface area contributed by atoms with Crippen LogP contribution in [0.2, 0.25) is 0 Å². The van der Waals surface area contributed by atoms with Crippen LogP contribution in [-0.4, -0.2) is 13.1 Å². The van der Waals surface area contributed by atoms with Crippen molar-refractivity contribution in [1.82, 2.24) is 5.32 Å². The lowest BCUT2D eigenvalue weighted by Crippen LogP contribution is -2.34. The summed E-state index contributed by atoms with van der Waals surface area (Å²) in [6, 6.07) is 13.8. The second kappa shape index (κ2) is 6.29. The molecule has 1 N–H and O–H groups in total. The van der Waals surface area contributed by atoms with Crippen LogP contribution in [-0.2, 0) is 0 Å². The number of aryl methyl sites for hydroxylation is 1. The molecule has 0 aromatic heterocycles. The van der Waals surface area contributed by atoms with E-state index in [1.807, 2.05) is 6.07 Å². The van der Waals surface area contributed by atoms with Gasteiger partial charge in [-0.2, -0.15) is 0 Å². The smallest absolute Gasteiger partial charge is 0.124 e. The number of hydrogen-bond donors (Lipinski definition) is 1. The fourth-order valence-corrected chi connectivity index (χ4v) is 3.84. The molecular weight excluding hydrogens is 329 g/mol. The molecule has 2 atom stereocenters.